The molecule has 2 aromatic rings. The maximum Gasteiger partial charge on any atom is 0.279 e. The molecule has 0 spiro atoms. The molecule has 1 amide bonds. The van der Waals surface area contributed by atoms with Crippen molar-refractivity contribution in [3.05, 3.63) is 64.7 Å². The van der Waals surface area contributed by atoms with Crippen LogP contribution in [0, 0.1) is 11.6 Å². The summed E-state index contributed by atoms with van der Waals surface area (Å²) >= 11 is 5.91. The van der Waals surface area contributed by atoms with Gasteiger partial charge in [-0.25, -0.2) is 8.78 Å². The molecular formula is C19H22ClF2N3O+2. The lowest BCUT2D eigenvalue weighted by Crippen LogP contribution is -3.28. The number of nitrogens with one attached hydrogen (secondary N) is 3. The third kappa shape index (κ3) is 5.24. The molecule has 1 aliphatic heterocycles. The maximum atomic E-state index is 13.2. The molecule has 1 saturated heterocycles. The van der Waals surface area contributed by atoms with Gasteiger partial charge in [0, 0.05) is 22.3 Å². The van der Waals surface area contributed by atoms with E-state index in [9.17, 15) is 13.6 Å². The van der Waals surface area contributed by atoms with Crippen LogP contribution in [0.15, 0.2) is 42.5 Å². The fourth-order valence-electron chi connectivity index (χ4n) is 3.21. The molecule has 3 rings (SSSR count). The first kappa shape index (κ1) is 18.8. The third-order valence-corrected chi connectivity index (χ3v) is 4.90. The van der Waals surface area contributed by atoms with Crippen molar-refractivity contribution in [2.75, 3.05) is 38.0 Å². The molecule has 0 saturated carbocycles. The van der Waals surface area contributed by atoms with Crippen molar-refractivity contribution in [1.82, 2.24) is 0 Å². The minimum Gasteiger partial charge on any atom is -0.322 e. The van der Waals surface area contributed by atoms with Gasteiger partial charge in [0.05, 0.1) is 0 Å². The molecule has 3 N–H and O–H groups in total. The zero-order chi connectivity index (χ0) is 18.5. The van der Waals surface area contributed by atoms with Crippen LogP contribution in [0.25, 0.3) is 0 Å². The second kappa shape index (κ2) is 8.58. The standard InChI is InChI=1S/C19H20ClF2N3O/c20-15-3-1-14(2-4-15)12-24-7-9-25(10-8-24)13-19(26)23-16-5-6-17(21)18(22)11-16/h1-6,11H,7-10,12-13H2,(H,23,26)/p+2. The SMILES string of the molecule is O=C(C[NH+]1CC[NH+](Cc2ccc(Cl)cc2)CC1)Nc1ccc(F)c(F)c1. The highest BCUT2D eigenvalue weighted by Gasteiger charge is 2.25. The van der Waals surface area contributed by atoms with Crippen LogP contribution in [0.5, 0.6) is 0 Å². The van der Waals surface area contributed by atoms with E-state index in [1.165, 1.54) is 21.4 Å². The first-order valence-corrected chi connectivity index (χ1v) is 9.04. The Hall–Kier alpha value is -2.02. The molecule has 2 aromatic carbocycles. The van der Waals surface area contributed by atoms with E-state index >= 15 is 0 Å². The largest absolute Gasteiger partial charge is 0.322 e. The summed E-state index contributed by atoms with van der Waals surface area (Å²) in [6.45, 7) is 5.04. The van der Waals surface area contributed by atoms with E-state index in [0.717, 1.165) is 49.9 Å². The Balaban J connectivity index is 1.43. The van der Waals surface area contributed by atoms with E-state index in [-0.39, 0.29) is 11.6 Å². The van der Waals surface area contributed by atoms with E-state index < -0.39 is 11.6 Å². The Morgan fingerprint density at radius 1 is 0.962 bits per heavy atom. The Morgan fingerprint density at radius 3 is 2.27 bits per heavy atom. The number of quaternary nitrogens is 2. The van der Waals surface area contributed by atoms with E-state index in [0.29, 0.717) is 6.54 Å². The van der Waals surface area contributed by atoms with Crippen molar-refractivity contribution in [2.45, 2.75) is 6.54 Å². The van der Waals surface area contributed by atoms with Crippen LogP contribution in [0.3, 0.4) is 0 Å². The van der Waals surface area contributed by atoms with Crippen molar-refractivity contribution in [2.24, 2.45) is 0 Å². The van der Waals surface area contributed by atoms with Crippen LogP contribution in [-0.2, 0) is 11.3 Å². The van der Waals surface area contributed by atoms with Crippen molar-refractivity contribution < 1.29 is 23.4 Å². The average molecular weight is 382 g/mol. The summed E-state index contributed by atoms with van der Waals surface area (Å²) in [6, 6.07) is 11.3. The molecule has 0 atom stereocenters. The van der Waals surface area contributed by atoms with E-state index in [1.54, 1.807) is 0 Å². The van der Waals surface area contributed by atoms with E-state index in [2.05, 4.69) is 5.32 Å². The zero-order valence-corrected chi connectivity index (χ0v) is 15.1. The number of anilines is 1. The van der Waals surface area contributed by atoms with Gasteiger partial charge in [-0.2, -0.15) is 0 Å². The minimum absolute atomic E-state index is 0.188. The summed E-state index contributed by atoms with van der Waals surface area (Å²) in [5.74, 6) is -2.07. The van der Waals surface area contributed by atoms with Gasteiger partial charge in [0.1, 0.15) is 32.7 Å². The molecule has 0 unspecified atom stereocenters. The molecule has 0 aromatic heterocycles. The number of halogens is 3. The van der Waals surface area contributed by atoms with Gasteiger partial charge in [-0.3, -0.25) is 4.79 Å². The van der Waals surface area contributed by atoms with Crippen LogP contribution in [0.1, 0.15) is 5.56 Å². The van der Waals surface area contributed by atoms with E-state index in [1.807, 2.05) is 24.3 Å². The molecule has 0 bridgehead atoms. The minimum atomic E-state index is -0.963. The zero-order valence-electron chi connectivity index (χ0n) is 14.3. The average Bonchev–Trinajstić information content (AvgIpc) is 2.62. The molecular weight excluding hydrogens is 360 g/mol. The Bertz CT molecular complexity index is 762. The van der Waals surface area contributed by atoms with Crippen molar-refractivity contribution >= 4 is 23.2 Å². The van der Waals surface area contributed by atoms with Crippen LogP contribution in [-0.4, -0.2) is 38.6 Å². The van der Waals surface area contributed by atoms with Gasteiger partial charge in [0.2, 0.25) is 0 Å². The Labute approximate surface area is 156 Å². The maximum absolute atomic E-state index is 13.2. The van der Waals surface area contributed by atoms with Crippen LogP contribution < -0.4 is 15.1 Å². The number of rotatable bonds is 5. The topological polar surface area (TPSA) is 38.0 Å². The Kier molecular flexibility index (Phi) is 6.19. The number of carbonyl (C=O) groups excluding carboxylic acids is 1. The predicted molar refractivity (Wildman–Crippen MR) is 96.4 cm³/mol. The van der Waals surface area contributed by atoms with Gasteiger partial charge in [-0.15, -0.1) is 0 Å². The summed E-state index contributed by atoms with van der Waals surface area (Å²) in [5, 5.41) is 3.37. The molecule has 138 valence electrons. The number of amides is 1. The normalized spacial score (nSPS) is 20.0. The van der Waals surface area contributed by atoms with Gasteiger partial charge < -0.3 is 15.1 Å². The fraction of sp³-hybridized carbons (Fsp3) is 0.316. The quantitative estimate of drug-likeness (QED) is 0.695. The molecule has 1 heterocycles. The first-order valence-electron chi connectivity index (χ1n) is 8.66. The molecule has 0 radical (unpaired) electrons. The summed E-state index contributed by atoms with van der Waals surface area (Å²) in [4.78, 5) is 14.8. The third-order valence-electron chi connectivity index (χ3n) is 4.65. The highest BCUT2D eigenvalue weighted by atomic mass is 35.5. The van der Waals surface area contributed by atoms with Gasteiger partial charge in [0.25, 0.3) is 5.91 Å². The fourth-order valence-corrected chi connectivity index (χ4v) is 3.33. The highest BCUT2D eigenvalue weighted by molar-refractivity contribution is 6.30. The summed E-state index contributed by atoms with van der Waals surface area (Å²) < 4.78 is 26.1. The van der Waals surface area contributed by atoms with Crippen LogP contribution >= 0.6 is 11.6 Å². The number of benzene rings is 2. The Morgan fingerprint density at radius 2 is 1.62 bits per heavy atom. The second-order valence-electron chi connectivity index (χ2n) is 6.66. The number of carbonyl (C=O) groups is 1. The first-order chi connectivity index (χ1) is 12.5. The van der Waals surface area contributed by atoms with E-state index in [4.69, 9.17) is 11.6 Å². The van der Waals surface area contributed by atoms with Crippen molar-refractivity contribution in [3.8, 4) is 0 Å². The number of hydrogen-bond donors (Lipinski definition) is 3. The van der Waals surface area contributed by atoms with Gasteiger partial charge in [-0.05, 0) is 24.3 Å². The van der Waals surface area contributed by atoms with Crippen LogP contribution in [0.4, 0.5) is 14.5 Å². The smallest absolute Gasteiger partial charge is 0.279 e. The van der Waals surface area contributed by atoms with Gasteiger partial charge in [-0.1, -0.05) is 23.7 Å². The second-order valence-corrected chi connectivity index (χ2v) is 7.09. The lowest BCUT2D eigenvalue weighted by molar-refractivity contribution is -1.02. The summed E-state index contributed by atoms with van der Waals surface area (Å²) in [7, 11) is 0. The summed E-state index contributed by atoms with van der Waals surface area (Å²) in [5.41, 5.74) is 1.53. The van der Waals surface area contributed by atoms with Gasteiger partial charge in [0.15, 0.2) is 18.2 Å². The molecule has 26 heavy (non-hydrogen) atoms. The highest BCUT2D eigenvalue weighted by Crippen LogP contribution is 2.12. The molecule has 0 aliphatic carbocycles. The summed E-state index contributed by atoms with van der Waals surface area (Å²) in [6.07, 6.45) is 0. The molecule has 1 aliphatic rings. The van der Waals surface area contributed by atoms with Crippen molar-refractivity contribution in [1.29, 1.82) is 0 Å². The van der Waals surface area contributed by atoms with Crippen molar-refractivity contribution in [3.63, 3.8) is 0 Å². The van der Waals surface area contributed by atoms with Crippen LogP contribution in [0.2, 0.25) is 5.02 Å². The number of hydrogen-bond acceptors (Lipinski definition) is 1. The number of piperazine rings is 1. The lowest BCUT2D eigenvalue weighted by Gasteiger charge is -2.29. The molecule has 7 heteroatoms. The lowest BCUT2D eigenvalue weighted by atomic mass is 10.2. The monoisotopic (exact) mass is 381 g/mol. The molecule has 1 fully saturated rings. The molecule has 4 nitrogen and oxygen atoms in total. The van der Waals surface area contributed by atoms with Gasteiger partial charge >= 0.3 is 0 Å². The predicted octanol–water partition coefficient (Wildman–Crippen LogP) is 0.540.